The Bertz CT molecular complexity index is 946. The Morgan fingerprint density at radius 3 is 2.54 bits per heavy atom. The lowest BCUT2D eigenvalue weighted by atomic mass is 9.98. The third-order valence-corrected chi connectivity index (χ3v) is 7.32. The minimum Gasteiger partial charge on any atom is -0.352 e. The van der Waals surface area contributed by atoms with Gasteiger partial charge in [-0.05, 0) is 42.5 Å². The Labute approximate surface area is 171 Å². The lowest BCUT2D eigenvalue weighted by molar-refractivity contribution is -0.126. The second-order valence-electron chi connectivity index (χ2n) is 7.19. The van der Waals surface area contributed by atoms with Gasteiger partial charge in [-0.2, -0.15) is 0 Å². The Balaban J connectivity index is 1.62. The lowest BCUT2D eigenvalue weighted by Gasteiger charge is -2.31. The third kappa shape index (κ3) is 5.13. The number of hydrogen-bond donors (Lipinski definition) is 1. The summed E-state index contributed by atoms with van der Waals surface area (Å²) in [7, 11) is -3.53. The van der Waals surface area contributed by atoms with E-state index in [-0.39, 0.29) is 24.1 Å². The number of rotatable bonds is 6. The highest BCUT2D eigenvalue weighted by atomic mass is 35.5. The van der Waals surface area contributed by atoms with Gasteiger partial charge in [0.15, 0.2) is 0 Å². The molecule has 2 aromatic carbocycles. The first-order chi connectivity index (χ1) is 13.4. The molecule has 1 unspecified atom stereocenters. The molecule has 1 heterocycles. The molecule has 1 N–H and O–H groups in total. The molecule has 150 valence electrons. The van der Waals surface area contributed by atoms with E-state index >= 15 is 0 Å². The Kier molecular flexibility index (Phi) is 6.75. The largest absolute Gasteiger partial charge is 0.352 e. The van der Waals surface area contributed by atoms with Gasteiger partial charge in [0.25, 0.3) is 0 Å². The van der Waals surface area contributed by atoms with Crippen LogP contribution in [0.5, 0.6) is 0 Å². The summed E-state index contributed by atoms with van der Waals surface area (Å²) in [5.41, 5.74) is 2.76. The summed E-state index contributed by atoms with van der Waals surface area (Å²) in [5.74, 6) is -0.579. The van der Waals surface area contributed by atoms with E-state index in [4.69, 9.17) is 11.6 Å². The molecule has 1 atom stereocenters. The van der Waals surface area contributed by atoms with E-state index in [1.54, 1.807) is 24.3 Å². The van der Waals surface area contributed by atoms with Crippen molar-refractivity contribution in [1.29, 1.82) is 0 Å². The molecule has 0 radical (unpaired) electrons. The van der Waals surface area contributed by atoms with Gasteiger partial charge in [0.05, 0.1) is 11.7 Å². The summed E-state index contributed by atoms with van der Waals surface area (Å²) >= 11 is 6.11. The molecule has 1 fully saturated rings. The summed E-state index contributed by atoms with van der Waals surface area (Å²) in [6.07, 6.45) is 1.36. The molecule has 0 aliphatic carbocycles. The van der Waals surface area contributed by atoms with Crippen molar-refractivity contribution in [3.63, 3.8) is 0 Å². The molecule has 5 nitrogen and oxygen atoms in total. The normalized spacial score (nSPS) is 18.0. The van der Waals surface area contributed by atoms with Gasteiger partial charge in [-0.1, -0.05) is 54.1 Å². The summed E-state index contributed by atoms with van der Waals surface area (Å²) in [6, 6.07) is 14.8. The van der Waals surface area contributed by atoms with Crippen LogP contribution < -0.4 is 5.32 Å². The number of amides is 1. The Morgan fingerprint density at radius 1 is 1.14 bits per heavy atom. The summed E-state index contributed by atoms with van der Waals surface area (Å²) < 4.78 is 27.1. The van der Waals surface area contributed by atoms with E-state index < -0.39 is 10.0 Å². The Hall–Kier alpha value is -1.89. The topological polar surface area (TPSA) is 66.5 Å². The summed E-state index contributed by atoms with van der Waals surface area (Å²) in [5, 5.41) is 3.40. The molecule has 7 heteroatoms. The molecule has 3 rings (SSSR count). The van der Waals surface area contributed by atoms with E-state index in [2.05, 4.69) is 5.32 Å². The Morgan fingerprint density at radius 2 is 1.82 bits per heavy atom. The van der Waals surface area contributed by atoms with Crippen LogP contribution in [-0.2, 0) is 27.1 Å². The van der Waals surface area contributed by atoms with Crippen LogP contribution >= 0.6 is 11.6 Å². The number of halogens is 1. The first-order valence-corrected chi connectivity index (χ1v) is 11.4. The van der Waals surface area contributed by atoms with Crippen LogP contribution in [0, 0.1) is 12.8 Å². The summed E-state index contributed by atoms with van der Waals surface area (Å²) in [4.78, 5) is 12.6. The van der Waals surface area contributed by atoms with Crippen LogP contribution in [0.3, 0.4) is 0 Å². The number of nitrogens with one attached hydrogen (secondary N) is 1. The van der Waals surface area contributed by atoms with Gasteiger partial charge >= 0.3 is 0 Å². The predicted molar refractivity (Wildman–Crippen MR) is 111 cm³/mol. The van der Waals surface area contributed by atoms with Crippen molar-refractivity contribution in [1.82, 2.24) is 9.62 Å². The molecule has 28 heavy (non-hydrogen) atoms. The van der Waals surface area contributed by atoms with Crippen molar-refractivity contribution < 1.29 is 13.2 Å². The first kappa shape index (κ1) is 20.8. The van der Waals surface area contributed by atoms with Crippen molar-refractivity contribution in [2.24, 2.45) is 5.92 Å². The van der Waals surface area contributed by atoms with Gasteiger partial charge in [0.1, 0.15) is 0 Å². The van der Waals surface area contributed by atoms with Gasteiger partial charge in [0.2, 0.25) is 15.9 Å². The molecule has 1 saturated heterocycles. The van der Waals surface area contributed by atoms with E-state index in [0.29, 0.717) is 36.5 Å². The van der Waals surface area contributed by atoms with Gasteiger partial charge in [-0.15, -0.1) is 0 Å². The maximum atomic E-state index is 12.8. The van der Waals surface area contributed by atoms with Crippen LogP contribution in [0.4, 0.5) is 0 Å². The monoisotopic (exact) mass is 420 g/mol. The molecule has 0 aromatic heterocycles. The predicted octanol–water partition coefficient (Wildman–Crippen LogP) is 3.51. The minimum atomic E-state index is -3.53. The smallest absolute Gasteiger partial charge is 0.224 e. The molecule has 2 aromatic rings. The van der Waals surface area contributed by atoms with Gasteiger partial charge in [0, 0.05) is 24.7 Å². The van der Waals surface area contributed by atoms with E-state index in [1.807, 2.05) is 31.2 Å². The maximum absolute atomic E-state index is 12.8. The number of nitrogens with zero attached hydrogens (tertiary/aromatic N) is 1. The molecular formula is C21H25ClN2O3S. The van der Waals surface area contributed by atoms with Gasteiger partial charge < -0.3 is 5.32 Å². The standard InChI is InChI=1S/C21H25ClN2O3S/c1-16-7-2-3-8-17(16)13-23-21(25)18-10-6-12-24(14-18)28(26,27)15-19-9-4-5-11-20(19)22/h2-5,7-9,11,18H,6,10,12-15H2,1H3,(H,23,25). The zero-order valence-corrected chi connectivity index (χ0v) is 17.5. The molecule has 1 aliphatic rings. The zero-order chi connectivity index (χ0) is 20.1. The van der Waals surface area contributed by atoms with E-state index in [1.165, 1.54) is 4.31 Å². The third-order valence-electron chi connectivity index (χ3n) is 5.16. The number of aryl methyl sites for hydroxylation is 1. The fraction of sp³-hybridized carbons (Fsp3) is 0.381. The van der Waals surface area contributed by atoms with Crippen molar-refractivity contribution in [3.05, 3.63) is 70.2 Å². The highest BCUT2D eigenvalue weighted by molar-refractivity contribution is 7.88. The maximum Gasteiger partial charge on any atom is 0.224 e. The quantitative estimate of drug-likeness (QED) is 0.777. The van der Waals surface area contributed by atoms with Crippen LogP contribution in [0.25, 0.3) is 0 Å². The number of carbonyl (C=O) groups excluding carboxylic acids is 1. The molecular weight excluding hydrogens is 396 g/mol. The second kappa shape index (κ2) is 9.07. The average molecular weight is 421 g/mol. The SMILES string of the molecule is Cc1ccccc1CNC(=O)C1CCCN(S(=O)(=O)Cc2ccccc2Cl)C1. The fourth-order valence-electron chi connectivity index (χ4n) is 3.45. The van der Waals surface area contributed by atoms with Crippen LogP contribution in [0.15, 0.2) is 48.5 Å². The van der Waals surface area contributed by atoms with Crippen LogP contribution in [0.1, 0.15) is 29.5 Å². The van der Waals surface area contributed by atoms with E-state index in [0.717, 1.165) is 11.1 Å². The molecule has 1 aliphatic heterocycles. The van der Waals surface area contributed by atoms with Gasteiger partial charge in [-0.25, -0.2) is 12.7 Å². The highest BCUT2D eigenvalue weighted by Crippen LogP contribution is 2.24. The van der Waals surface area contributed by atoms with Crippen molar-refractivity contribution in [2.45, 2.75) is 32.1 Å². The van der Waals surface area contributed by atoms with Crippen LogP contribution in [0.2, 0.25) is 5.02 Å². The van der Waals surface area contributed by atoms with E-state index in [9.17, 15) is 13.2 Å². The molecule has 0 bridgehead atoms. The van der Waals surface area contributed by atoms with Gasteiger partial charge in [-0.3, -0.25) is 4.79 Å². The number of hydrogen-bond acceptors (Lipinski definition) is 3. The van der Waals surface area contributed by atoms with Crippen molar-refractivity contribution >= 4 is 27.5 Å². The summed E-state index contributed by atoms with van der Waals surface area (Å²) in [6.45, 7) is 3.11. The minimum absolute atomic E-state index is 0.0964. The number of benzene rings is 2. The number of sulfonamides is 1. The number of carbonyl (C=O) groups is 1. The lowest BCUT2D eigenvalue weighted by Crippen LogP contribution is -2.45. The zero-order valence-electron chi connectivity index (χ0n) is 15.9. The highest BCUT2D eigenvalue weighted by Gasteiger charge is 2.32. The van der Waals surface area contributed by atoms with Crippen molar-refractivity contribution in [2.75, 3.05) is 13.1 Å². The molecule has 1 amide bonds. The van der Waals surface area contributed by atoms with Crippen LogP contribution in [-0.4, -0.2) is 31.7 Å². The second-order valence-corrected chi connectivity index (χ2v) is 9.57. The number of piperidine rings is 1. The fourth-order valence-corrected chi connectivity index (χ4v) is 5.37. The first-order valence-electron chi connectivity index (χ1n) is 9.40. The molecule has 0 spiro atoms. The molecule has 0 saturated carbocycles. The average Bonchev–Trinajstić information content (AvgIpc) is 2.69. The van der Waals surface area contributed by atoms with Crippen molar-refractivity contribution in [3.8, 4) is 0 Å².